The van der Waals surface area contributed by atoms with Crippen molar-refractivity contribution in [3.63, 3.8) is 0 Å². The van der Waals surface area contributed by atoms with Gasteiger partial charge in [-0.15, -0.1) is 5.10 Å². The summed E-state index contributed by atoms with van der Waals surface area (Å²) in [5, 5.41) is 4.75. The second-order valence-electron chi connectivity index (χ2n) is 7.99. The van der Waals surface area contributed by atoms with E-state index in [1.165, 1.54) is 0 Å². The van der Waals surface area contributed by atoms with Crippen LogP contribution in [-0.2, 0) is 6.61 Å². The van der Waals surface area contributed by atoms with Crippen LogP contribution in [-0.4, -0.2) is 32.8 Å². The monoisotopic (exact) mass is 450 g/mol. The van der Waals surface area contributed by atoms with Crippen molar-refractivity contribution in [1.82, 2.24) is 19.6 Å². The van der Waals surface area contributed by atoms with Crippen LogP contribution in [0.15, 0.2) is 85.1 Å². The number of benzene rings is 3. The molecule has 0 N–H and O–H groups in total. The maximum Gasteiger partial charge on any atom is 0.253 e. The Hall–Kier alpha value is -4.39. The minimum atomic E-state index is 0.529. The number of ether oxygens (including phenoxy) is 3. The molecule has 0 radical (unpaired) electrons. The summed E-state index contributed by atoms with van der Waals surface area (Å²) in [6, 6.07) is 25.8. The highest BCUT2D eigenvalue weighted by molar-refractivity contribution is 5.66. The van der Waals surface area contributed by atoms with Crippen LogP contribution < -0.4 is 14.2 Å². The van der Waals surface area contributed by atoms with Crippen molar-refractivity contribution in [1.29, 1.82) is 0 Å². The molecule has 7 heteroatoms. The Morgan fingerprint density at radius 2 is 1.62 bits per heavy atom. The van der Waals surface area contributed by atoms with E-state index in [9.17, 15) is 0 Å². The highest BCUT2D eigenvalue weighted by Gasteiger charge is 2.16. The van der Waals surface area contributed by atoms with Gasteiger partial charge in [0.25, 0.3) is 5.78 Å². The molecule has 1 aliphatic rings. The van der Waals surface area contributed by atoms with Crippen molar-refractivity contribution < 1.29 is 14.2 Å². The molecular weight excluding hydrogens is 428 g/mol. The van der Waals surface area contributed by atoms with Crippen molar-refractivity contribution in [3.8, 4) is 39.9 Å². The molecule has 0 unspecified atom stereocenters. The second-order valence-corrected chi connectivity index (χ2v) is 7.99. The summed E-state index contributed by atoms with van der Waals surface area (Å²) in [5.74, 6) is 3.39. The number of rotatable bonds is 5. The number of fused-ring (bicyclic) bond motifs is 2. The molecule has 5 aromatic rings. The minimum absolute atomic E-state index is 0.529. The summed E-state index contributed by atoms with van der Waals surface area (Å²) < 4.78 is 19.2. The topological polar surface area (TPSA) is 70.8 Å². The highest BCUT2D eigenvalue weighted by atomic mass is 16.5. The molecule has 0 fully saturated rings. The first kappa shape index (κ1) is 20.2. The predicted octanol–water partition coefficient (Wildman–Crippen LogP) is 5.20. The standard InChI is InChI=1S/C27H22N4O3/c1-2-5-19(6-3-1)18-34-22-10-7-20(8-11-22)23-13-14-28-27-29-26(30-31(23)27)21-9-12-24-25(17-21)33-16-4-15-32-24/h1-3,5-14,17H,4,15-16,18H2. The summed E-state index contributed by atoms with van der Waals surface area (Å²) in [6.45, 7) is 1.82. The smallest absolute Gasteiger partial charge is 0.253 e. The van der Waals surface area contributed by atoms with Crippen molar-refractivity contribution >= 4 is 5.78 Å². The van der Waals surface area contributed by atoms with Crippen LogP contribution in [0, 0.1) is 0 Å². The fraction of sp³-hybridized carbons (Fsp3) is 0.148. The van der Waals surface area contributed by atoms with E-state index in [0.717, 1.165) is 40.3 Å². The van der Waals surface area contributed by atoms with Crippen molar-refractivity contribution in [2.75, 3.05) is 13.2 Å². The van der Waals surface area contributed by atoms with Gasteiger partial charge >= 0.3 is 0 Å². The maximum absolute atomic E-state index is 5.92. The summed E-state index contributed by atoms with van der Waals surface area (Å²) in [7, 11) is 0. The molecule has 2 aromatic heterocycles. The molecule has 0 amide bonds. The van der Waals surface area contributed by atoms with Gasteiger partial charge in [-0.05, 0) is 54.1 Å². The van der Waals surface area contributed by atoms with Gasteiger partial charge in [0, 0.05) is 23.7 Å². The van der Waals surface area contributed by atoms with Crippen LogP contribution in [0.3, 0.4) is 0 Å². The zero-order chi connectivity index (χ0) is 22.7. The van der Waals surface area contributed by atoms with Crippen LogP contribution in [0.2, 0.25) is 0 Å². The second kappa shape index (κ2) is 8.86. The lowest BCUT2D eigenvalue weighted by Crippen LogP contribution is -1.97. The van der Waals surface area contributed by atoms with Crippen LogP contribution in [0.4, 0.5) is 0 Å². The Labute approximate surface area is 196 Å². The Morgan fingerprint density at radius 1 is 0.824 bits per heavy atom. The Morgan fingerprint density at radius 3 is 2.47 bits per heavy atom. The lowest BCUT2D eigenvalue weighted by Gasteiger charge is -2.08. The number of aromatic nitrogens is 4. The first-order valence-corrected chi connectivity index (χ1v) is 11.2. The van der Waals surface area contributed by atoms with Gasteiger partial charge < -0.3 is 14.2 Å². The molecule has 7 nitrogen and oxygen atoms in total. The SMILES string of the molecule is c1ccc(COc2ccc(-c3ccnc4nc(-c5ccc6c(c5)OCCCO6)nn34)cc2)cc1. The van der Waals surface area contributed by atoms with Crippen LogP contribution in [0.1, 0.15) is 12.0 Å². The molecule has 6 rings (SSSR count). The Bertz CT molecular complexity index is 1430. The third-order valence-electron chi connectivity index (χ3n) is 5.64. The van der Waals surface area contributed by atoms with Gasteiger partial charge in [-0.25, -0.2) is 4.98 Å². The van der Waals surface area contributed by atoms with Gasteiger partial charge in [0.1, 0.15) is 12.4 Å². The zero-order valence-electron chi connectivity index (χ0n) is 18.4. The molecule has 1 aliphatic heterocycles. The van der Waals surface area contributed by atoms with E-state index in [4.69, 9.17) is 19.3 Å². The molecular formula is C27H22N4O3. The first-order chi connectivity index (χ1) is 16.8. The van der Waals surface area contributed by atoms with Crippen LogP contribution in [0.25, 0.3) is 28.4 Å². The largest absolute Gasteiger partial charge is 0.490 e. The Balaban J connectivity index is 1.28. The lowest BCUT2D eigenvalue weighted by atomic mass is 10.1. The molecule has 0 spiro atoms. The fourth-order valence-corrected chi connectivity index (χ4v) is 3.90. The number of hydrogen-bond donors (Lipinski definition) is 0. The molecule has 0 bridgehead atoms. The first-order valence-electron chi connectivity index (χ1n) is 11.2. The van der Waals surface area contributed by atoms with E-state index in [2.05, 4.69) is 9.97 Å². The van der Waals surface area contributed by atoms with E-state index < -0.39 is 0 Å². The van der Waals surface area contributed by atoms with Gasteiger partial charge in [-0.2, -0.15) is 9.50 Å². The Kier molecular flexibility index (Phi) is 5.27. The average Bonchev–Trinajstić information content (AvgIpc) is 3.20. The van der Waals surface area contributed by atoms with Gasteiger partial charge in [-0.3, -0.25) is 0 Å². The highest BCUT2D eigenvalue weighted by Crippen LogP contribution is 2.33. The average molecular weight is 450 g/mol. The van der Waals surface area contributed by atoms with E-state index >= 15 is 0 Å². The molecule has 3 heterocycles. The molecule has 34 heavy (non-hydrogen) atoms. The van der Waals surface area contributed by atoms with E-state index in [-0.39, 0.29) is 0 Å². The normalized spacial score (nSPS) is 12.9. The molecule has 168 valence electrons. The lowest BCUT2D eigenvalue weighted by molar-refractivity contribution is 0.297. The quantitative estimate of drug-likeness (QED) is 0.367. The van der Waals surface area contributed by atoms with Crippen LogP contribution >= 0.6 is 0 Å². The molecule has 3 aromatic carbocycles. The predicted molar refractivity (Wildman–Crippen MR) is 128 cm³/mol. The van der Waals surface area contributed by atoms with Crippen molar-refractivity contribution in [3.05, 3.63) is 90.6 Å². The van der Waals surface area contributed by atoms with E-state index in [0.29, 0.717) is 37.2 Å². The minimum Gasteiger partial charge on any atom is -0.490 e. The van der Waals surface area contributed by atoms with E-state index in [1.54, 1.807) is 10.7 Å². The summed E-state index contributed by atoms with van der Waals surface area (Å²) in [5.41, 5.74) is 3.87. The van der Waals surface area contributed by atoms with Gasteiger partial charge in [0.05, 0.1) is 18.9 Å². The third-order valence-corrected chi connectivity index (χ3v) is 5.64. The molecule has 0 atom stereocenters. The molecule has 0 saturated carbocycles. The number of nitrogens with zero attached hydrogens (tertiary/aromatic N) is 4. The molecule has 0 saturated heterocycles. The molecule has 0 aliphatic carbocycles. The van der Waals surface area contributed by atoms with E-state index in [1.807, 2.05) is 78.9 Å². The summed E-state index contributed by atoms with van der Waals surface area (Å²) in [4.78, 5) is 9.05. The van der Waals surface area contributed by atoms with Crippen molar-refractivity contribution in [2.24, 2.45) is 0 Å². The summed E-state index contributed by atoms with van der Waals surface area (Å²) >= 11 is 0. The van der Waals surface area contributed by atoms with Gasteiger partial charge in [0.2, 0.25) is 0 Å². The summed E-state index contributed by atoms with van der Waals surface area (Å²) in [6.07, 6.45) is 2.61. The van der Waals surface area contributed by atoms with Gasteiger partial charge in [0.15, 0.2) is 17.3 Å². The van der Waals surface area contributed by atoms with Crippen LogP contribution in [0.5, 0.6) is 17.2 Å². The fourth-order valence-electron chi connectivity index (χ4n) is 3.90. The zero-order valence-corrected chi connectivity index (χ0v) is 18.4. The van der Waals surface area contributed by atoms with Gasteiger partial charge in [-0.1, -0.05) is 30.3 Å². The number of hydrogen-bond acceptors (Lipinski definition) is 6. The maximum atomic E-state index is 5.92. The van der Waals surface area contributed by atoms with Crippen molar-refractivity contribution in [2.45, 2.75) is 13.0 Å². The third kappa shape index (κ3) is 4.03.